The normalized spacial score (nSPS) is 17.4. The molecule has 2 rings (SSSR count). The maximum absolute atomic E-state index is 12.0. The molecule has 1 aromatic rings. The second kappa shape index (κ2) is 5.16. The minimum atomic E-state index is 0.0105. The van der Waals surface area contributed by atoms with Gasteiger partial charge in [0, 0.05) is 13.1 Å². The van der Waals surface area contributed by atoms with Crippen LogP contribution in [-0.4, -0.2) is 21.7 Å². The van der Waals surface area contributed by atoms with E-state index in [4.69, 9.17) is 0 Å². The maximum atomic E-state index is 12.0. The Kier molecular flexibility index (Phi) is 3.83. The summed E-state index contributed by atoms with van der Waals surface area (Å²) in [6.45, 7) is 0. The molecule has 0 aromatic carbocycles. The molecule has 0 aliphatic heterocycles. The van der Waals surface area contributed by atoms with Gasteiger partial charge in [0.25, 0.3) is 5.91 Å². The van der Waals surface area contributed by atoms with Crippen molar-refractivity contribution in [3.63, 3.8) is 0 Å². The number of hydrogen-bond donors (Lipinski definition) is 1. The number of amides is 1. The van der Waals surface area contributed by atoms with E-state index in [2.05, 4.69) is 33.0 Å². The first-order valence-corrected chi connectivity index (χ1v) is 6.74. The molecule has 1 aliphatic carbocycles. The molecule has 4 nitrogen and oxygen atoms in total. The van der Waals surface area contributed by atoms with Gasteiger partial charge in [-0.1, -0.05) is 19.3 Å². The van der Waals surface area contributed by atoms with E-state index in [-0.39, 0.29) is 5.91 Å². The number of nitrogens with zero attached hydrogens (tertiary/aromatic N) is 2. The molecule has 0 radical (unpaired) electrons. The van der Waals surface area contributed by atoms with E-state index in [9.17, 15) is 4.79 Å². The lowest BCUT2D eigenvalue weighted by atomic mass is 9.95. The summed E-state index contributed by atoms with van der Waals surface area (Å²) in [6.07, 6.45) is 7.70. The molecule has 5 heteroatoms. The van der Waals surface area contributed by atoms with Crippen LogP contribution < -0.4 is 5.32 Å². The van der Waals surface area contributed by atoms with Crippen LogP contribution in [0.3, 0.4) is 0 Å². The second-order valence-corrected chi connectivity index (χ2v) is 5.44. The van der Waals surface area contributed by atoms with Crippen LogP contribution >= 0.6 is 22.6 Å². The van der Waals surface area contributed by atoms with Crippen molar-refractivity contribution in [1.82, 2.24) is 15.1 Å². The fourth-order valence-corrected chi connectivity index (χ4v) is 2.89. The zero-order chi connectivity index (χ0) is 11.5. The molecule has 0 unspecified atom stereocenters. The van der Waals surface area contributed by atoms with Crippen molar-refractivity contribution >= 4 is 28.5 Å². The van der Waals surface area contributed by atoms with Gasteiger partial charge in [-0.3, -0.25) is 9.48 Å². The van der Waals surface area contributed by atoms with Gasteiger partial charge in [0.05, 0.1) is 9.77 Å². The van der Waals surface area contributed by atoms with Crippen LogP contribution in [0.2, 0.25) is 0 Å². The van der Waals surface area contributed by atoms with Crippen molar-refractivity contribution in [1.29, 1.82) is 0 Å². The van der Waals surface area contributed by atoms with Crippen LogP contribution in [-0.2, 0) is 7.05 Å². The van der Waals surface area contributed by atoms with Gasteiger partial charge >= 0.3 is 0 Å². The minimum absolute atomic E-state index is 0.0105. The SMILES string of the molecule is Cn1ncc(I)c1C(=O)NC1CCCCC1. The van der Waals surface area contributed by atoms with Crippen molar-refractivity contribution in [3.05, 3.63) is 15.5 Å². The van der Waals surface area contributed by atoms with Crippen LogP contribution in [0.15, 0.2) is 6.20 Å². The van der Waals surface area contributed by atoms with Crippen molar-refractivity contribution in [2.45, 2.75) is 38.1 Å². The van der Waals surface area contributed by atoms with Crippen molar-refractivity contribution in [3.8, 4) is 0 Å². The first kappa shape index (κ1) is 11.9. The Hall–Kier alpha value is -0.590. The fraction of sp³-hybridized carbons (Fsp3) is 0.636. The van der Waals surface area contributed by atoms with E-state index >= 15 is 0 Å². The summed E-state index contributed by atoms with van der Waals surface area (Å²) in [7, 11) is 1.80. The quantitative estimate of drug-likeness (QED) is 0.843. The topological polar surface area (TPSA) is 46.9 Å². The third-order valence-electron chi connectivity index (χ3n) is 3.05. The maximum Gasteiger partial charge on any atom is 0.270 e. The Labute approximate surface area is 109 Å². The van der Waals surface area contributed by atoms with Crippen LogP contribution in [0.4, 0.5) is 0 Å². The molecule has 1 heterocycles. The van der Waals surface area contributed by atoms with Gasteiger partial charge < -0.3 is 5.32 Å². The van der Waals surface area contributed by atoms with E-state index in [0.29, 0.717) is 11.7 Å². The average molecular weight is 333 g/mol. The lowest BCUT2D eigenvalue weighted by molar-refractivity contribution is 0.0917. The zero-order valence-electron chi connectivity index (χ0n) is 9.37. The lowest BCUT2D eigenvalue weighted by Crippen LogP contribution is -2.37. The molecule has 1 fully saturated rings. The number of hydrogen-bond acceptors (Lipinski definition) is 2. The number of carbonyl (C=O) groups is 1. The Bertz CT molecular complexity index is 363. The molecular formula is C11H16IN3O. The molecule has 0 spiro atoms. The zero-order valence-corrected chi connectivity index (χ0v) is 11.5. The van der Waals surface area contributed by atoms with E-state index in [1.54, 1.807) is 17.9 Å². The molecule has 88 valence electrons. The predicted octanol–water partition coefficient (Wildman–Crippen LogP) is 2.09. The molecule has 16 heavy (non-hydrogen) atoms. The van der Waals surface area contributed by atoms with Crippen LogP contribution in [0.5, 0.6) is 0 Å². The largest absolute Gasteiger partial charge is 0.348 e. The Balaban J connectivity index is 2.02. The summed E-state index contributed by atoms with van der Waals surface area (Å²) in [5.74, 6) is 0.0105. The number of nitrogens with one attached hydrogen (secondary N) is 1. The third kappa shape index (κ3) is 2.56. The summed E-state index contributed by atoms with van der Waals surface area (Å²) >= 11 is 2.15. The number of aromatic nitrogens is 2. The highest BCUT2D eigenvalue weighted by molar-refractivity contribution is 14.1. The summed E-state index contributed by atoms with van der Waals surface area (Å²) in [4.78, 5) is 12.0. The number of aryl methyl sites for hydroxylation is 1. The van der Waals surface area contributed by atoms with Crippen molar-refractivity contribution < 1.29 is 4.79 Å². The average Bonchev–Trinajstić information content (AvgIpc) is 2.60. The monoisotopic (exact) mass is 333 g/mol. The molecule has 1 saturated carbocycles. The third-order valence-corrected chi connectivity index (χ3v) is 3.84. The highest BCUT2D eigenvalue weighted by atomic mass is 127. The second-order valence-electron chi connectivity index (χ2n) is 4.27. The highest BCUT2D eigenvalue weighted by Gasteiger charge is 2.20. The van der Waals surface area contributed by atoms with Crippen molar-refractivity contribution in [2.24, 2.45) is 7.05 Å². The molecule has 1 aromatic heterocycles. The van der Waals surface area contributed by atoms with Gasteiger partial charge in [-0.15, -0.1) is 0 Å². The van der Waals surface area contributed by atoms with Gasteiger partial charge in [0.15, 0.2) is 0 Å². The Morgan fingerprint density at radius 1 is 1.50 bits per heavy atom. The number of carbonyl (C=O) groups excluding carboxylic acids is 1. The van der Waals surface area contributed by atoms with Crippen LogP contribution in [0, 0.1) is 3.57 Å². The molecule has 1 aliphatic rings. The molecule has 1 N–H and O–H groups in total. The molecule has 0 atom stereocenters. The fourth-order valence-electron chi connectivity index (χ4n) is 2.17. The lowest BCUT2D eigenvalue weighted by Gasteiger charge is -2.22. The summed E-state index contributed by atoms with van der Waals surface area (Å²) < 4.78 is 2.55. The number of halogens is 1. The number of rotatable bonds is 2. The van der Waals surface area contributed by atoms with Crippen LogP contribution in [0.25, 0.3) is 0 Å². The van der Waals surface area contributed by atoms with Crippen molar-refractivity contribution in [2.75, 3.05) is 0 Å². The minimum Gasteiger partial charge on any atom is -0.348 e. The predicted molar refractivity (Wildman–Crippen MR) is 70.3 cm³/mol. The van der Waals surface area contributed by atoms with E-state index in [0.717, 1.165) is 16.4 Å². The van der Waals surface area contributed by atoms with E-state index in [1.165, 1.54) is 19.3 Å². The molecule has 1 amide bonds. The highest BCUT2D eigenvalue weighted by Crippen LogP contribution is 2.18. The van der Waals surface area contributed by atoms with Gasteiger partial charge in [0.2, 0.25) is 0 Å². The standard InChI is InChI=1S/C11H16IN3O/c1-15-10(9(12)7-13-15)11(16)14-8-5-3-2-4-6-8/h7-8H,2-6H2,1H3,(H,14,16). The Morgan fingerprint density at radius 3 is 2.75 bits per heavy atom. The van der Waals surface area contributed by atoms with Gasteiger partial charge in [-0.25, -0.2) is 0 Å². The smallest absolute Gasteiger partial charge is 0.270 e. The molecular weight excluding hydrogens is 317 g/mol. The first-order chi connectivity index (χ1) is 7.68. The molecule has 0 saturated heterocycles. The summed E-state index contributed by atoms with van der Waals surface area (Å²) in [5.41, 5.74) is 0.672. The summed E-state index contributed by atoms with van der Waals surface area (Å²) in [5, 5.41) is 7.18. The first-order valence-electron chi connectivity index (χ1n) is 5.67. The van der Waals surface area contributed by atoms with Gasteiger partial charge in [-0.05, 0) is 35.4 Å². The van der Waals surface area contributed by atoms with Gasteiger partial charge in [0.1, 0.15) is 5.69 Å². The van der Waals surface area contributed by atoms with Crippen LogP contribution in [0.1, 0.15) is 42.6 Å². The summed E-state index contributed by atoms with van der Waals surface area (Å²) in [6, 6.07) is 0.354. The van der Waals surface area contributed by atoms with E-state index < -0.39 is 0 Å². The Morgan fingerprint density at radius 2 is 2.19 bits per heavy atom. The molecule has 0 bridgehead atoms. The van der Waals surface area contributed by atoms with E-state index in [1.807, 2.05) is 0 Å². The van der Waals surface area contributed by atoms with Gasteiger partial charge in [-0.2, -0.15) is 5.10 Å².